The fourth-order valence-corrected chi connectivity index (χ4v) is 2.09. The van der Waals surface area contributed by atoms with E-state index in [-0.39, 0.29) is 6.10 Å². The van der Waals surface area contributed by atoms with E-state index in [4.69, 9.17) is 4.74 Å². The molecule has 1 aliphatic rings. The number of nitrogens with zero attached hydrogens (tertiary/aromatic N) is 2. The molecular weight excluding hydrogens is 240 g/mol. The van der Waals surface area contributed by atoms with Gasteiger partial charge in [0.25, 0.3) is 0 Å². The Balaban J connectivity index is 2.15. The fraction of sp³-hybridized carbons (Fsp3) is 0.714. The van der Waals surface area contributed by atoms with Gasteiger partial charge in [0.05, 0.1) is 0 Å². The minimum atomic E-state index is 0.118. The lowest BCUT2D eigenvalue weighted by Gasteiger charge is -2.08. The van der Waals surface area contributed by atoms with Crippen molar-refractivity contribution in [3.05, 3.63) is 9.74 Å². The SMILES string of the molecule is COC(c1nsc(Br)n1)C1CC1. The average Bonchev–Trinajstić information content (AvgIpc) is 2.78. The van der Waals surface area contributed by atoms with E-state index >= 15 is 0 Å². The summed E-state index contributed by atoms with van der Waals surface area (Å²) < 4.78 is 10.4. The molecule has 1 atom stereocenters. The lowest BCUT2D eigenvalue weighted by molar-refractivity contribution is 0.0781. The van der Waals surface area contributed by atoms with Crippen LogP contribution in [-0.4, -0.2) is 16.5 Å². The van der Waals surface area contributed by atoms with Crippen LogP contribution in [0.15, 0.2) is 3.92 Å². The van der Waals surface area contributed by atoms with Crippen molar-refractivity contribution in [3.8, 4) is 0 Å². The summed E-state index contributed by atoms with van der Waals surface area (Å²) in [5.74, 6) is 1.48. The number of aromatic nitrogens is 2. The molecule has 0 bridgehead atoms. The highest BCUT2D eigenvalue weighted by molar-refractivity contribution is 9.11. The molecule has 0 aromatic carbocycles. The summed E-state index contributed by atoms with van der Waals surface area (Å²) >= 11 is 4.66. The van der Waals surface area contributed by atoms with Gasteiger partial charge in [-0.3, -0.25) is 0 Å². The molecular formula is C7H9BrN2OS. The summed E-state index contributed by atoms with van der Waals surface area (Å²) in [6.07, 6.45) is 2.61. The molecule has 1 aromatic rings. The Labute approximate surface area is 83.5 Å². The second-order valence-corrected chi connectivity index (χ2v) is 4.93. The van der Waals surface area contributed by atoms with Crippen molar-refractivity contribution in [2.45, 2.75) is 18.9 Å². The van der Waals surface area contributed by atoms with E-state index in [9.17, 15) is 0 Å². The standard InChI is InChI=1S/C7H9BrN2OS/c1-11-5(4-2-3-4)6-9-7(8)12-10-6/h4-5H,2-3H2,1H3. The summed E-state index contributed by atoms with van der Waals surface area (Å²) in [6, 6.07) is 0. The van der Waals surface area contributed by atoms with Crippen LogP contribution in [0.3, 0.4) is 0 Å². The lowest BCUT2D eigenvalue weighted by atomic mass is 10.2. The molecule has 1 heterocycles. The van der Waals surface area contributed by atoms with Gasteiger partial charge in [-0.15, -0.1) is 0 Å². The molecule has 1 aliphatic carbocycles. The fourth-order valence-electron chi connectivity index (χ4n) is 1.24. The predicted octanol–water partition coefficient (Wildman–Crippen LogP) is 2.40. The Morgan fingerprint density at radius 1 is 1.67 bits per heavy atom. The zero-order chi connectivity index (χ0) is 8.55. The van der Waals surface area contributed by atoms with Crippen LogP contribution in [-0.2, 0) is 4.74 Å². The van der Waals surface area contributed by atoms with E-state index in [1.54, 1.807) is 7.11 Å². The Kier molecular flexibility index (Phi) is 2.43. The molecule has 0 aliphatic heterocycles. The van der Waals surface area contributed by atoms with E-state index in [0.717, 1.165) is 9.74 Å². The van der Waals surface area contributed by atoms with Crippen molar-refractivity contribution in [1.82, 2.24) is 9.36 Å². The van der Waals surface area contributed by atoms with E-state index in [1.165, 1.54) is 24.4 Å². The second-order valence-electron chi connectivity index (χ2n) is 2.90. The maximum absolute atomic E-state index is 5.33. The maximum atomic E-state index is 5.33. The molecule has 0 radical (unpaired) electrons. The summed E-state index contributed by atoms with van der Waals surface area (Å²) in [6.45, 7) is 0. The Morgan fingerprint density at radius 2 is 2.42 bits per heavy atom. The van der Waals surface area contributed by atoms with Crippen molar-refractivity contribution in [2.24, 2.45) is 5.92 Å². The molecule has 12 heavy (non-hydrogen) atoms. The van der Waals surface area contributed by atoms with Crippen molar-refractivity contribution < 1.29 is 4.74 Å². The van der Waals surface area contributed by atoms with Crippen molar-refractivity contribution in [3.63, 3.8) is 0 Å². The highest BCUT2D eigenvalue weighted by atomic mass is 79.9. The minimum Gasteiger partial charge on any atom is -0.373 e. The molecule has 1 fully saturated rings. The van der Waals surface area contributed by atoms with E-state index in [2.05, 4.69) is 25.3 Å². The Hall–Kier alpha value is -0.0000000000000000555. The molecule has 1 unspecified atom stereocenters. The first-order valence-electron chi connectivity index (χ1n) is 3.83. The van der Waals surface area contributed by atoms with Crippen LogP contribution < -0.4 is 0 Å². The van der Waals surface area contributed by atoms with Crippen molar-refractivity contribution in [2.75, 3.05) is 7.11 Å². The van der Waals surface area contributed by atoms with Crippen LogP contribution in [0.5, 0.6) is 0 Å². The lowest BCUT2D eigenvalue weighted by Crippen LogP contribution is -2.05. The number of rotatable bonds is 3. The van der Waals surface area contributed by atoms with Gasteiger partial charge in [-0.2, -0.15) is 4.37 Å². The monoisotopic (exact) mass is 248 g/mol. The molecule has 1 aromatic heterocycles. The molecule has 2 rings (SSSR count). The van der Waals surface area contributed by atoms with Gasteiger partial charge in [0, 0.05) is 7.11 Å². The molecule has 3 nitrogen and oxygen atoms in total. The molecule has 1 saturated carbocycles. The Bertz CT molecular complexity index is 274. The quantitative estimate of drug-likeness (QED) is 0.825. The normalized spacial score (nSPS) is 19.5. The smallest absolute Gasteiger partial charge is 0.179 e. The number of hydrogen-bond donors (Lipinski definition) is 0. The van der Waals surface area contributed by atoms with E-state index < -0.39 is 0 Å². The Morgan fingerprint density at radius 3 is 2.83 bits per heavy atom. The molecule has 5 heteroatoms. The van der Waals surface area contributed by atoms with Crippen LogP contribution in [0, 0.1) is 5.92 Å². The third-order valence-corrected chi connectivity index (χ3v) is 3.11. The van der Waals surface area contributed by atoms with E-state index in [0.29, 0.717) is 5.92 Å². The number of halogens is 1. The average molecular weight is 249 g/mol. The van der Waals surface area contributed by atoms with Gasteiger partial charge < -0.3 is 4.74 Å². The van der Waals surface area contributed by atoms with Gasteiger partial charge in [-0.25, -0.2) is 4.98 Å². The molecule has 0 N–H and O–H groups in total. The van der Waals surface area contributed by atoms with Crippen LogP contribution in [0.4, 0.5) is 0 Å². The zero-order valence-electron chi connectivity index (χ0n) is 6.66. The summed E-state index contributed by atoms with van der Waals surface area (Å²) in [7, 11) is 1.72. The first-order chi connectivity index (χ1) is 5.81. The first kappa shape index (κ1) is 8.59. The van der Waals surface area contributed by atoms with E-state index in [1.807, 2.05) is 0 Å². The molecule has 0 spiro atoms. The highest BCUT2D eigenvalue weighted by Gasteiger charge is 2.34. The maximum Gasteiger partial charge on any atom is 0.179 e. The van der Waals surface area contributed by atoms with Crippen LogP contribution in [0.25, 0.3) is 0 Å². The van der Waals surface area contributed by atoms with Gasteiger partial charge in [0.1, 0.15) is 6.10 Å². The highest BCUT2D eigenvalue weighted by Crippen LogP contribution is 2.42. The van der Waals surface area contributed by atoms with Gasteiger partial charge in [-0.1, -0.05) is 0 Å². The van der Waals surface area contributed by atoms with Crippen LogP contribution >= 0.6 is 27.5 Å². The van der Waals surface area contributed by atoms with Crippen molar-refractivity contribution >= 4 is 27.5 Å². The predicted molar refractivity (Wildman–Crippen MR) is 50.1 cm³/mol. The van der Waals surface area contributed by atoms with Gasteiger partial charge >= 0.3 is 0 Å². The van der Waals surface area contributed by atoms with Gasteiger partial charge in [0.2, 0.25) is 0 Å². The van der Waals surface area contributed by atoms with Crippen molar-refractivity contribution in [1.29, 1.82) is 0 Å². The van der Waals surface area contributed by atoms with Crippen LogP contribution in [0.2, 0.25) is 0 Å². The topological polar surface area (TPSA) is 35.0 Å². The molecule has 66 valence electrons. The second kappa shape index (κ2) is 3.40. The van der Waals surface area contributed by atoms with Gasteiger partial charge in [-0.05, 0) is 46.2 Å². The zero-order valence-corrected chi connectivity index (χ0v) is 9.06. The largest absolute Gasteiger partial charge is 0.373 e. The van der Waals surface area contributed by atoms with Crippen LogP contribution in [0.1, 0.15) is 24.8 Å². The summed E-state index contributed by atoms with van der Waals surface area (Å²) in [4.78, 5) is 4.24. The van der Waals surface area contributed by atoms with Gasteiger partial charge in [0.15, 0.2) is 9.74 Å². The molecule has 0 saturated heterocycles. The third-order valence-electron chi connectivity index (χ3n) is 1.98. The number of ether oxygens (including phenoxy) is 1. The summed E-state index contributed by atoms with van der Waals surface area (Å²) in [5, 5.41) is 0. The number of hydrogen-bond acceptors (Lipinski definition) is 4. The third kappa shape index (κ3) is 1.67. The minimum absolute atomic E-state index is 0.118. The summed E-state index contributed by atoms with van der Waals surface area (Å²) in [5.41, 5.74) is 0. The number of methoxy groups -OCH3 is 1. The first-order valence-corrected chi connectivity index (χ1v) is 5.40. The molecule has 0 amide bonds.